The van der Waals surface area contributed by atoms with Gasteiger partial charge in [0.05, 0.1) is 0 Å². The third-order valence-electron chi connectivity index (χ3n) is 1.69. The van der Waals surface area contributed by atoms with E-state index >= 15 is 0 Å². The minimum Gasteiger partial charge on any atom is -0.287 e. The highest BCUT2D eigenvalue weighted by Gasteiger charge is 1.98. The number of hydrogen-bond donors (Lipinski definition) is 0. The number of hydrogen-bond acceptors (Lipinski definition) is 2. The summed E-state index contributed by atoms with van der Waals surface area (Å²) in [5.41, 5.74) is 1.24. The van der Waals surface area contributed by atoms with Gasteiger partial charge in [-0.25, -0.2) is 0 Å². The Hall–Kier alpha value is -0.760. The molecule has 0 amide bonds. The summed E-state index contributed by atoms with van der Waals surface area (Å²) in [6, 6.07) is 10.1. The van der Waals surface area contributed by atoms with Crippen LogP contribution in [0.3, 0.4) is 0 Å². The second kappa shape index (κ2) is 4.99. The van der Waals surface area contributed by atoms with Crippen LogP contribution in [-0.4, -0.2) is 11.4 Å². The SMILES string of the molecule is CSC(=O)CCc1ccccc1. The number of rotatable bonds is 3. The molecular weight excluding hydrogens is 168 g/mol. The lowest BCUT2D eigenvalue weighted by molar-refractivity contribution is -0.110. The number of aryl methyl sites for hydroxylation is 1. The highest BCUT2D eigenvalue weighted by Crippen LogP contribution is 2.06. The first-order valence-electron chi connectivity index (χ1n) is 3.93. The van der Waals surface area contributed by atoms with Gasteiger partial charge in [0.15, 0.2) is 5.12 Å². The first-order valence-corrected chi connectivity index (χ1v) is 5.16. The maximum atomic E-state index is 10.9. The van der Waals surface area contributed by atoms with Crippen molar-refractivity contribution in [3.63, 3.8) is 0 Å². The average Bonchev–Trinajstić information content (AvgIpc) is 2.16. The van der Waals surface area contributed by atoms with Crippen LogP contribution < -0.4 is 0 Å². The van der Waals surface area contributed by atoms with Gasteiger partial charge in [0, 0.05) is 6.42 Å². The van der Waals surface area contributed by atoms with E-state index in [9.17, 15) is 4.79 Å². The van der Waals surface area contributed by atoms with Crippen molar-refractivity contribution in [3.05, 3.63) is 35.9 Å². The Balaban J connectivity index is 2.38. The van der Waals surface area contributed by atoms with Gasteiger partial charge in [-0.1, -0.05) is 42.1 Å². The fourth-order valence-corrected chi connectivity index (χ4v) is 1.30. The highest BCUT2D eigenvalue weighted by molar-refractivity contribution is 8.13. The molecular formula is C10H12OS. The Kier molecular flexibility index (Phi) is 3.88. The number of carbonyl (C=O) groups is 1. The zero-order valence-electron chi connectivity index (χ0n) is 7.12. The predicted molar refractivity (Wildman–Crippen MR) is 53.3 cm³/mol. The Morgan fingerprint density at radius 1 is 1.33 bits per heavy atom. The molecule has 12 heavy (non-hydrogen) atoms. The number of thioether (sulfide) groups is 1. The van der Waals surface area contributed by atoms with Crippen molar-refractivity contribution in [2.45, 2.75) is 12.8 Å². The molecule has 64 valence electrons. The third kappa shape index (κ3) is 3.09. The van der Waals surface area contributed by atoms with Gasteiger partial charge in [-0.05, 0) is 18.2 Å². The lowest BCUT2D eigenvalue weighted by Crippen LogP contribution is -1.93. The van der Waals surface area contributed by atoms with E-state index in [1.165, 1.54) is 17.3 Å². The van der Waals surface area contributed by atoms with Crippen molar-refractivity contribution in [2.24, 2.45) is 0 Å². The summed E-state index contributed by atoms with van der Waals surface area (Å²) < 4.78 is 0. The molecule has 2 heteroatoms. The van der Waals surface area contributed by atoms with Crippen molar-refractivity contribution >= 4 is 16.9 Å². The molecule has 0 saturated carbocycles. The molecule has 0 aromatic heterocycles. The van der Waals surface area contributed by atoms with Crippen LogP contribution in [-0.2, 0) is 11.2 Å². The van der Waals surface area contributed by atoms with Crippen LogP contribution in [0, 0.1) is 0 Å². The van der Waals surface area contributed by atoms with E-state index in [1.54, 1.807) is 0 Å². The van der Waals surface area contributed by atoms with Crippen LogP contribution in [0.1, 0.15) is 12.0 Å². The van der Waals surface area contributed by atoms with Gasteiger partial charge in [0.2, 0.25) is 0 Å². The molecule has 0 aliphatic heterocycles. The minimum atomic E-state index is 0.263. The minimum absolute atomic E-state index is 0.263. The zero-order chi connectivity index (χ0) is 8.81. The largest absolute Gasteiger partial charge is 0.287 e. The normalized spacial score (nSPS) is 9.75. The lowest BCUT2D eigenvalue weighted by Gasteiger charge is -1.97. The van der Waals surface area contributed by atoms with Gasteiger partial charge in [0.1, 0.15) is 0 Å². The van der Waals surface area contributed by atoms with E-state index in [-0.39, 0.29) is 5.12 Å². The van der Waals surface area contributed by atoms with Gasteiger partial charge in [-0.3, -0.25) is 4.79 Å². The molecule has 0 N–H and O–H groups in total. The van der Waals surface area contributed by atoms with Crippen LogP contribution in [0.25, 0.3) is 0 Å². The summed E-state index contributed by atoms with van der Waals surface area (Å²) in [6.45, 7) is 0. The van der Waals surface area contributed by atoms with E-state index in [4.69, 9.17) is 0 Å². The first-order chi connectivity index (χ1) is 5.83. The zero-order valence-corrected chi connectivity index (χ0v) is 7.93. The molecule has 0 spiro atoms. The van der Waals surface area contributed by atoms with Crippen LogP contribution >= 0.6 is 11.8 Å². The Bertz CT molecular complexity index is 243. The summed E-state index contributed by atoms with van der Waals surface area (Å²) in [5.74, 6) is 0. The smallest absolute Gasteiger partial charge is 0.189 e. The second-order valence-electron chi connectivity index (χ2n) is 2.56. The van der Waals surface area contributed by atoms with Crippen molar-refractivity contribution in [1.82, 2.24) is 0 Å². The van der Waals surface area contributed by atoms with E-state index in [0.717, 1.165) is 6.42 Å². The van der Waals surface area contributed by atoms with E-state index in [1.807, 2.05) is 36.6 Å². The fourth-order valence-electron chi connectivity index (χ4n) is 0.993. The fraction of sp³-hybridized carbons (Fsp3) is 0.300. The van der Waals surface area contributed by atoms with Crippen LogP contribution in [0.2, 0.25) is 0 Å². The molecule has 1 aromatic carbocycles. The van der Waals surface area contributed by atoms with Gasteiger partial charge in [0.25, 0.3) is 0 Å². The lowest BCUT2D eigenvalue weighted by atomic mass is 10.1. The average molecular weight is 180 g/mol. The van der Waals surface area contributed by atoms with Crippen molar-refractivity contribution in [1.29, 1.82) is 0 Å². The van der Waals surface area contributed by atoms with E-state index < -0.39 is 0 Å². The number of carbonyl (C=O) groups excluding carboxylic acids is 1. The van der Waals surface area contributed by atoms with E-state index in [0.29, 0.717) is 6.42 Å². The molecule has 0 atom stereocenters. The molecule has 0 aliphatic carbocycles. The van der Waals surface area contributed by atoms with Crippen LogP contribution in [0.4, 0.5) is 0 Å². The van der Waals surface area contributed by atoms with Crippen molar-refractivity contribution in [3.8, 4) is 0 Å². The second-order valence-corrected chi connectivity index (χ2v) is 3.43. The van der Waals surface area contributed by atoms with Gasteiger partial charge in [-0.2, -0.15) is 0 Å². The highest BCUT2D eigenvalue weighted by atomic mass is 32.2. The van der Waals surface area contributed by atoms with Gasteiger partial charge < -0.3 is 0 Å². The molecule has 0 bridgehead atoms. The Labute approximate surface area is 77.2 Å². The van der Waals surface area contributed by atoms with Crippen LogP contribution in [0.15, 0.2) is 30.3 Å². The molecule has 0 heterocycles. The number of benzene rings is 1. The monoisotopic (exact) mass is 180 g/mol. The predicted octanol–water partition coefficient (Wildman–Crippen LogP) is 2.51. The molecule has 1 nitrogen and oxygen atoms in total. The Morgan fingerprint density at radius 3 is 2.58 bits per heavy atom. The summed E-state index contributed by atoms with van der Waals surface area (Å²) >= 11 is 1.31. The van der Waals surface area contributed by atoms with Gasteiger partial charge in [-0.15, -0.1) is 0 Å². The summed E-state index contributed by atoms with van der Waals surface area (Å²) in [5, 5.41) is 0.263. The molecule has 0 unspecified atom stereocenters. The van der Waals surface area contributed by atoms with Crippen LogP contribution in [0.5, 0.6) is 0 Å². The maximum Gasteiger partial charge on any atom is 0.189 e. The quantitative estimate of drug-likeness (QED) is 0.711. The Morgan fingerprint density at radius 2 is 2.00 bits per heavy atom. The topological polar surface area (TPSA) is 17.1 Å². The van der Waals surface area contributed by atoms with Gasteiger partial charge >= 0.3 is 0 Å². The first kappa shape index (κ1) is 9.33. The summed E-state index contributed by atoms with van der Waals surface area (Å²) in [6.07, 6.45) is 3.33. The standard InChI is InChI=1S/C10H12OS/c1-12-10(11)8-7-9-5-3-2-4-6-9/h2-6H,7-8H2,1H3. The maximum absolute atomic E-state index is 10.9. The third-order valence-corrected chi connectivity index (χ3v) is 2.35. The molecule has 1 rings (SSSR count). The summed E-state index contributed by atoms with van der Waals surface area (Å²) in [4.78, 5) is 10.9. The molecule has 0 radical (unpaired) electrons. The van der Waals surface area contributed by atoms with Crippen molar-refractivity contribution < 1.29 is 4.79 Å². The molecule has 0 saturated heterocycles. The molecule has 0 aliphatic rings. The molecule has 1 aromatic rings. The van der Waals surface area contributed by atoms with Crippen molar-refractivity contribution in [2.75, 3.05) is 6.26 Å². The summed E-state index contributed by atoms with van der Waals surface area (Å²) in [7, 11) is 0. The molecule has 0 fully saturated rings. The van der Waals surface area contributed by atoms with E-state index in [2.05, 4.69) is 0 Å².